The first-order valence-corrected chi connectivity index (χ1v) is 21.1. The minimum Gasteiger partial charge on any atom is -0.309 e. The lowest BCUT2D eigenvalue weighted by molar-refractivity contribution is 0.125. The summed E-state index contributed by atoms with van der Waals surface area (Å²) in [5, 5.41) is 12.9. The van der Waals surface area contributed by atoms with Gasteiger partial charge in [-0.2, -0.15) is 0 Å². The van der Waals surface area contributed by atoms with E-state index in [4.69, 9.17) is 0 Å². The van der Waals surface area contributed by atoms with Crippen LogP contribution in [0.4, 0.5) is 0 Å². The summed E-state index contributed by atoms with van der Waals surface area (Å²) in [6, 6.07) is 63.7. The maximum atomic E-state index is 2.54. The summed E-state index contributed by atoms with van der Waals surface area (Å²) < 4.78 is 4.94. The fraction of sp³-hybridized carbons (Fsp3) is 0.158. The molecule has 0 saturated heterocycles. The van der Waals surface area contributed by atoms with Crippen LogP contribution in [0, 0.1) is 5.41 Å². The molecule has 0 fully saturated rings. The van der Waals surface area contributed by atoms with Gasteiger partial charge in [0.25, 0.3) is 0 Å². The second-order valence-electron chi connectivity index (χ2n) is 18.6. The minimum atomic E-state index is 0.0178. The Morgan fingerprint density at radius 3 is 1.34 bits per heavy atom. The largest absolute Gasteiger partial charge is 0.309 e. The Balaban J connectivity index is 1.07. The van der Waals surface area contributed by atoms with E-state index >= 15 is 0 Å². The number of hydrogen-bond acceptors (Lipinski definition) is 0. The molecule has 1 aliphatic carbocycles. The number of aromatic nitrogens is 2. The van der Waals surface area contributed by atoms with Crippen molar-refractivity contribution in [2.45, 2.75) is 52.4 Å². The summed E-state index contributed by atoms with van der Waals surface area (Å²) in [5.74, 6) is 0. The fourth-order valence-corrected chi connectivity index (χ4v) is 11.1. The lowest BCUT2D eigenvalue weighted by Crippen LogP contribution is -2.42. The number of fused-ring (bicyclic) bond motifs is 13. The average Bonchev–Trinajstić information content (AvgIpc) is 3.80. The molecule has 0 bridgehead atoms. The van der Waals surface area contributed by atoms with Gasteiger partial charge < -0.3 is 9.13 Å². The first-order chi connectivity index (χ1) is 28.5. The Bertz CT molecular complexity index is 3540. The van der Waals surface area contributed by atoms with E-state index in [-0.39, 0.29) is 16.2 Å². The Morgan fingerprint density at radius 1 is 0.288 bits per heavy atom. The van der Waals surface area contributed by atoms with Crippen LogP contribution in [-0.4, -0.2) is 9.13 Å². The maximum Gasteiger partial charge on any atom is 0.0544 e. The van der Waals surface area contributed by atoms with Crippen molar-refractivity contribution in [2.24, 2.45) is 5.41 Å². The normalized spacial score (nSPS) is 15.7. The Hall–Kier alpha value is -6.64. The van der Waals surface area contributed by atoms with Gasteiger partial charge in [0.1, 0.15) is 0 Å². The van der Waals surface area contributed by atoms with Crippen LogP contribution in [-0.2, 0) is 10.8 Å². The first-order valence-electron chi connectivity index (χ1n) is 21.1. The zero-order valence-corrected chi connectivity index (χ0v) is 34.6. The third-order valence-corrected chi connectivity index (χ3v) is 15.4. The fourth-order valence-electron chi connectivity index (χ4n) is 11.1. The molecule has 2 heterocycles. The van der Waals surface area contributed by atoms with E-state index in [9.17, 15) is 0 Å². The summed E-state index contributed by atoms with van der Waals surface area (Å²) in [7, 11) is 0. The molecular formula is C57H46N2. The number of nitrogens with zero attached hydrogens (tertiary/aromatic N) is 2. The van der Waals surface area contributed by atoms with Gasteiger partial charge in [0.15, 0.2) is 0 Å². The molecule has 2 nitrogen and oxygen atoms in total. The van der Waals surface area contributed by atoms with Crippen LogP contribution in [0.3, 0.4) is 0 Å². The van der Waals surface area contributed by atoms with Gasteiger partial charge in [-0.1, -0.05) is 145 Å². The standard InChI is InChI=1S/C57H46N2/c1-55(2)49-33-48-47-31-36(25-29-53(47)58(37-16-8-7-9-17-37)54(48)34-50(49)56(3,4)57(55,5)6)35-24-28-52-46(30-35)44-22-14-15-23-51(44)59(52)38-26-27-43-41-20-11-10-18-39(41)40-19-12-13-21-42(40)45(43)32-38/h7-34H,1-6H3. The van der Waals surface area contributed by atoms with Gasteiger partial charge in [-0.05, 0) is 138 Å². The predicted molar refractivity (Wildman–Crippen MR) is 253 cm³/mol. The number of rotatable bonds is 3. The van der Waals surface area contributed by atoms with Crippen LogP contribution in [0.1, 0.15) is 52.7 Å². The smallest absolute Gasteiger partial charge is 0.0544 e. The second kappa shape index (κ2) is 11.7. The molecule has 0 unspecified atom stereocenters. The predicted octanol–water partition coefficient (Wildman–Crippen LogP) is 15.6. The monoisotopic (exact) mass is 758 g/mol. The van der Waals surface area contributed by atoms with Gasteiger partial charge in [-0.3, -0.25) is 0 Å². The number of hydrogen-bond donors (Lipinski definition) is 0. The van der Waals surface area contributed by atoms with Gasteiger partial charge in [0.2, 0.25) is 0 Å². The molecule has 0 amide bonds. The second-order valence-corrected chi connectivity index (χ2v) is 18.6. The van der Waals surface area contributed by atoms with Crippen LogP contribution in [0.2, 0.25) is 0 Å². The minimum absolute atomic E-state index is 0.0178. The van der Waals surface area contributed by atoms with Crippen molar-refractivity contribution < 1.29 is 0 Å². The van der Waals surface area contributed by atoms with Crippen LogP contribution >= 0.6 is 0 Å². The van der Waals surface area contributed by atoms with E-state index < -0.39 is 0 Å². The molecule has 2 heteroatoms. The zero-order chi connectivity index (χ0) is 40.0. The molecule has 12 rings (SSSR count). The molecule has 59 heavy (non-hydrogen) atoms. The highest BCUT2D eigenvalue weighted by atomic mass is 15.0. The van der Waals surface area contributed by atoms with Crippen molar-refractivity contribution in [3.8, 4) is 22.5 Å². The van der Waals surface area contributed by atoms with Crippen molar-refractivity contribution in [2.75, 3.05) is 0 Å². The lowest BCUT2D eigenvalue weighted by atomic mass is 9.59. The molecule has 11 aromatic rings. The van der Waals surface area contributed by atoms with Gasteiger partial charge in [0.05, 0.1) is 22.1 Å². The van der Waals surface area contributed by atoms with Crippen LogP contribution < -0.4 is 0 Å². The average molecular weight is 759 g/mol. The zero-order valence-electron chi connectivity index (χ0n) is 34.6. The van der Waals surface area contributed by atoms with Crippen LogP contribution in [0.5, 0.6) is 0 Å². The highest BCUT2D eigenvalue weighted by Gasteiger charge is 2.57. The molecule has 0 aliphatic heterocycles. The topological polar surface area (TPSA) is 9.86 Å². The van der Waals surface area contributed by atoms with Crippen molar-refractivity contribution >= 4 is 75.9 Å². The van der Waals surface area contributed by atoms with Crippen molar-refractivity contribution in [1.82, 2.24) is 9.13 Å². The lowest BCUT2D eigenvalue weighted by Gasteiger charge is -2.44. The highest BCUT2D eigenvalue weighted by molar-refractivity contribution is 6.25. The Kier molecular flexibility index (Phi) is 6.84. The molecule has 0 atom stereocenters. The van der Waals surface area contributed by atoms with E-state index in [0.29, 0.717) is 0 Å². The molecular weight excluding hydrogens is 713 g/mol. The van der Waals surface area contributed by atoms with E-state index in [2.05, 4.69) is 221 Å². The van der Waals surface area contributed by atoms with Gasteiger partial charge in [-0.25, -0.2) is 0 Å². The number of benzene rings is 9. The summed E-state index contributed by atoms with van der Waals surface area (Å²) >= 11 is 0. The third-order valence-electron chi connectivity index (χ3n) is 15.4. The third kappa shape index (κ3) is 4.47. The van der Waals surface area contributed by atoms with Gasteiger partial charge in [-0.15, -0.1) is 0 Å². The molecule has 0 saturated carbocycles. The quantitative estimate of drug-likeness (QED) is 0.159. The van der Waals surface area contributed by atoms with E-state index in [1.165, 1.54) is 110 Å². The molecule has 0 spiro atoms. The molecule has 1 aliphatic rings. The highest BCUT2D eigenvalue weighted by Crippen LogP contribution is 2.62. The first kappa shape index (κ1) is 34.4. The van der Waals surface area contributed by atoms with Gasteiger partial charge >= 0.3 is 0 Å². The summed E-state index contributed by atoms with van der Waals surface area (Å²) in [5.41, 5.74) is 12.8. The molecule has 0 radical (unpaired) electrons. The van der Waals surface area contributed by atoms with Crippen molar-refractivity contribution in [3.05, 3.63) is 181 Å². The molecule has 2 aromatic heterocycles. The molecule has 9 aromatic carbocycles. The van der Waals surface area contributed by atoms with Crippen LogP contribution in [0.15, 0.2) is 170 Å². The van der Waals surface area contributed by atoms with E-state index in [1.54, 1.807) is 0 Å². The SMILES string of the molecule is CC1(C)c2cc3c4cc(-c5ccc6c(c5)c5ccccc5n6-c5ccc6c7ccccc7c7ccccc7c6c5)ccc4n(-c4ccccc4)c3cc2C(C)(C)C1(C)C. The Labute approximate surface area is 344 Å². The van der Waals surface area contributed by atoms with Crippen LogP contribution in [0.25, 0.3) is 98.4 Å². The summed E-state index contributed by atoms with van der Waals surface area (Å²) in [6.45, 7) is 14.7. The molecule has 284 valence electrons. The molecule has 0 N–H and O–H groups in total. The van der Waals surface area contributed by atoms with Crippen molar-refractivity contribution in [1.29, 1.82) is 0 Å². The van der Waals surface area contributed by atoms with E-state index in [1.807, 2.05) is 0 Å². The Morgan fingerprint density at radius 2 is 0.729 bits per heavy atom. The maximum absolute atomic E-state index is 2.54. The summed E-state index contributed by atoms with van der Waals surface area (Å²) in [6.07, 6.45) is 0. The number of para-hydroxylation sites is 2. The van der Waals surface area contributed by atoms with Crippen molar-refractivity contribution in [3.63, 3.8) is 0 Å². The van der Waals surface area contributed by atoms with Gasteiger partial charge in [0, 0.05) is 32.9 Å². The van der Waals surface area contributed by atoms with E-state index in [0.717, 1.165) is 0 Å². The summed E-state index contributed by atoms with van der Waals surface area (Å²) in [4.78, 5) is 0.